The van der Waals surface area contributed by atoms with E-state index >= 15 is 0 Å². The van der Waals surface area contributed by atoms with Gasteiger partial charge in [0.05, 0.1) is 15.7 Å². The van der Waals surface area contributed by atoms with Crippen molar-refractivity contribution in [2.45, 2.75) is 38.8 Å². The molecule has 0 aliphatic carbocycles. The number of carbonyl (C=O) groups is 4. The molecule has 240 valence electrons. The first-order chi connectivity index (χ1) is 22.4. The highest BCUT2D eigenvalue weighted by molar-refractivity contribution is 7.16. The molecule has 11 heteroatoms. The van der Waals surface area contributed by atoms with Crippen LogP contribution in [-0.4, -0.2) is 47.5 Å². The molecule has 0 fully saturated rings. The van der Waals surface area contributed by atoms with Crippen LogP contribution in [0.4, 0.5) is 21.9 Å². The Morgan fingerprint density at radius 2 is 1.49 bits per heavy atom. The molecule has 5 aromatic rings. The summed E-state index contributed by atoms with van der Waals surface area (Å²) < 4.78 is 6.30. The van der Waals surface area contributed by atoms with Gasteiger partial charge in [0, 0.05) is 41.7 Å². The first-order valence-corrected chi connectivity index (χ1v) is 15.8. The first kappa shape index (κ1) is 32.8. The zero-order valence-electron chi connectivity index (χ0n) is 26.4. The van der Waals surface area contributed by atoms with Crippen molar-refractivity contribution in [2.24, 2.45) is 0 Å². The van der Waals surface area contributed by atoms with Crippen LogP contribution in [0.5, 0.6) is 0 Å². The van der Waals surface area contributed by atoms with Crippen molar-refractivity contribution < 1.29 is 23.9 Å². The summed E-state index contributed by atoms with van der Waals surface area (Å²) in [7, 11) is 1.67. The lowest BCUT2D eigenvalue weighted by Crippen LogP contribution is -2.48. The molecule has 47 heavy (non-hydrogen) atoms. The number of nitrogens with zero attached hydrogens (tertiary/aromatic N) is 2. The van der Waals surface area contributed by atoms with Gasteiger partial charge in [0.1, 0.15) is 11.6 Å². The van der Waals surface area contributed by atoms with E-state index in [0.29, 0.717) is 17.1 Å². The number of aromatic nitrogens is 1. The largest absolute Gasteiger partial charge is 0.444 e. The van der Waals surface area contributed by atoms with Gasteiger partial charge in [-0.15, -0.1) is 11.3 Å². The average Bonchev–Trinajstić information content (AvgIpc) is 3.52. The SMILES string of the molecule is CN(C(=O)[C@H](Cc1ccccc1)NC(=O)c1cccc(C(=O)Nc2cccc(NC(=O)OC(C)(C)C)c2)c1)c1ccc2scnc2c1. The van der Waals surface area contributed by atoms with E-state index in [1.54, 1.807) is 75.8 Å². The van der Waals surface area contributed by atoms with Gasteiger partial charge < -0.3 is 20.3 Å². The molecule has 1 heterocycles. The number of amides is 4. The second kappa shape index (κ2) is 14.3. The summed E-state index contributed by atoms with van der Waals surface area (Å²) in [5, 5.41) is 8.33. The van der Waals surface area contributed by atoms with Crippen LogP contribution < -0.4 is 20.9 Å². The topological polar surface area (TPSA) is 130 Å². The molecule has 0 saturated heterocycles. The summed E-state index contributed by atoms with van der Waals surface area (Å²) in [6, 6.07) is 27.0. The van der Waals surface area contributed by atoms with Crippen LogP contribution in [0.2, 0.25) is 0 Å². The highest BCUT2D eigenvalue weighted by Gasteiger charge is 2.26. The van der Waals surface area contributed by atoms with Gasteiger partial charge in [-0.25, -0.2) is 9.78 Å². The van der Waals surface area contributed by atoms with Gasteiger partial charge in [-0.05, 0) is 80.9 Å². The van der Waals surface area contributed by atoms with Crippen LogP contribution in [0, 0.1) is 0 Å². The highest BCUT2D eigenvalue weighted by atomic mass is 32.1. The van der Waals surface area contributed by atoms with Crippen molar-refractivity contribution in [3.05, 3.63) is 119 Å². The van der Waals surface area contributed by atoms with E-state index in [9.17, 15) is 19.2 Å². The van der Waals surface area contributed by atoms with E-state index in [1.165, 1.54) is 22.3 Å². The van der Waals surface area contributed by atoms with Crippen LogP contribution >= 0.6 is 11.3 Å². The molecule has 0 spiro atoms. The minimum absolute atomic E-state index is 0.218. The maximum Gasteiger partial charge on any atom is 0.412 e. The van der Waals surface area contributed by atoms with Gasteiger partial charge in [-0.3, -0.25) is 19.7 Å². The van der Waals surface area contributed by atoms with Crippen LogP contribution in [0.25, 0.3) is 10.2 Å². The second-order valence-corrected chi connectivity index (χ2v) is 12.7. The van der Waals surface area contributed by atoms with Gasteiger partial charge in [0.25, 0.3) is 11.8 Å². The molecular weight excluding hydrogens is 614 g/mol. The number of rotatable bonds is 9. The van der Waals surface area contributed by atoms with E-state index in [4.69, 9.17) is 4.74 Å². The molecule has 0 aliphatic heterocycles. The number of ether oxygens (including phenoxy) is 1. The predicted molar refractivity (Wildman–Crippen MR) is 185 cm³/mol. The van der Waals surface area contributed by atoms with Gasteiger partial charge in [0.2, 0.25) is 5.91 Å². The maximum absolute atomic E-state index is 13.8. The Balaban J connectivity index is 1.30. The Kier molecular flexibility index (Phi) is 9.96. The summed E-state index contributed by atoms with van der Waals surface area (Å²) in [4.78, 5) is 58.6. The van der Waals surface area contributed by atoms with Crippen molar-refractivity contribution in [1.82, 2.24) is 10.3 Å². The Labute approximate surface area is 276 Å². The molecule has 0 bridgehead atoms. The summed E-state index contributed by atoms with van der Waals surface area (Å²) in [6.07, 6.45) is -0.349. The van der Waals surface area contributed by atoms with Crippen molar-refractivity contribution in [2.75, 3.05) is 22.6 Å². The van der Waals surface area contributed by atoms with E-state index in [2.05, 4.69) is 20.9 Å². The summed E-state index contributed by atoms with van der Waals surface area (Å²) in [5.41, 5.74) is 4.76. The maximum atomic E-state index is 13.8. The smallest absolute Gasteiger partial charge is 0.412 e. The lowest BCUT2D eigenvalue weighted by atomic mass is 10.0. The third-order valence-corrected chi connectivity index (χ3v) is 7.88. The Morgan fingerprint density at radius 3 is 2.21 bits per heavy atom. The predicted octanol–water partition coefficient (Wildman–Crippen LogP) is 6.90. The van der Waals surface area contributed by atoms with Crippen molar-refractivity contribution in [3.63, 3.8) is 0 Å². The van der Waals surface area contributed by atoms with Crippen molar-refractivity contribution in [1.29, 1.82) is 0 Å². The average molecular weight is 650 g/mol. The Morgan fingerprint density at radius 1 is 0.809 bits per heavy atom. The van der Waals surface area contributed by atoms with Gasteiger partial charge >= 0.3 is 6.09 Å². The number of fused-ring (bicyclic) bond motifs is 1. The number of hydrogen-bond donors (Lipinski definition) is 3. The first-order valence-electron chi connectivity index (χ1n) is 14.9. The molecular formula is C36H35N5O5S. The molecule has 0 saturated carbocycles. The molecule has 3 N–H and O–H groups in total. The fraction of sp³-hybridized carbons (Fsp3) is 0.194. The van der Waals surface area contributed by atoms with E-state index in [1.807, 2.05) is 48.5 Å². The fourth-order valence-corrected chi connectivity index (χ4v) is 5.47. The molecule has 1 atom stereocenters. The minimum Gasteiger partial charge on any atom is -0.444 e. The molecule has 5 rings (SSSR count). The highest BCUT2D eigenvalue weighted by Crippen LogP contribution is 2.24. The quantitative estimate of drug-likeness (QED) is 0.159. The number of thiazole rings is 1. The Bertz CT molecular complexity index is 1920. The summed E-state index contributed by atoms with van der Waals surface area (Å²) >= 11 is 1.52. The third-order valence-electron chi connectivity index (χ3n) is 7.07. The molecule has 4 aromatic carbocycles. The number of nitrogens with one attached hydrogen (secondary N) is 3. The lowest BCUT2D eigenvalue weighted by Gasteiger charge is -2.25. The van der Waals surface area contributed by atoms with Crippen LogP contribution in [0.1, 0.15) is 47.1 Å². The van der Waals surface area contributed by atoms with Crippen LogP contribution in [0.15, 0.2) is 103 Å². The molecule has 1 aromatic heterocycles. The standard InChI is InChI=1S/C36H35N5O5S/c1-36(2,3)46-35(45)39-27-15-9-14-26(20-27)38-32(42)24-12-8-13-25(19-24)33(43)40-30(18-23-10-6-5-7-11-23)34(44)41(4)28-16-17-31-29(21-28)37-22-47-31/h5-17,19-22,30H,18H2,1-4H3,(H,38,42)(H,39,45)(H,40,43)/t30-/m0/s1. The zero-order valence-corrected chi connectivity index (χ0v) is 27.3. The van der Waals surface area contributed by atoms with Crippen molar-refractivity contribution in [3.8, 4) is 0 Å². The van der Waals surface area contributed by atoms with Crippen molar-refractivity contribution >= 4 is 62.4 Å². The van der Waals surface area contributed by atoms with Crippen LogP contribution in [0.3, 0.4) is 0 Å². The number of hydrogen-bond acceptors (Lipinski definition) is 7. The number of carbonyl (C=O) groups excluding carboxylic acids is 4. The third kappa shape index (κ3) is 8.80. The second-order valence-electron chi connectivity index (χ2n) is 11.9. The molecule has 0 aliphatic rings. The normalized spacial score (nSPS) is 11.7. The van der Waals surface area contributed by atoms with Gasteiger partial charge in [-0.2, -0.15) is 0 Å². The summed E-state index contributed by atoms with van der Waals surface area (Å²) in [5.74, 6) is -1.26. The van der Waals surface area contributed by atoms with Gasteiger partial charge in [-0.1, -0.05) is 42.5 Å². The number of likely N-dealkylation sites (N-methyl/N-ethyl adjacent to an activating group) is 1. The minimum atomic E-state index is -0.890. The lowest BCUT2D eigenvalue weighted by molar-refractivity contribution is -0.120. The zero-order chi connectivity index (χ0) is 33.6. The Hall–Kier alpha value is -5.55. The molecule has 0 unspecified atom stereocenters. The molecule has 0 radical (unpaired) electrons. The molecule has 10 nitrogen and oxygen atoms in total. The van der Waals surface area contributed by atoms with Crippen LogP contribution in [-0.2, 0) is 16.0 Å². The fourth-order valence-electron chi connectivity index (χ4n) is 4.81. The number of benzene rings is 4. The van der Waals surface area contributed by atoms with Gasteiger partial charge in [0.15, 0.2) is 0 Å². The van der Waals surface area contributed by atoms with E-state index < -0.39 is 29.6 Å². The summed E-state index contributed by atoms with van der Waals surface area (Å²) in [6.45, 7) is 5.30. The monoisotopic (exact) mass is 649 g/mol. The van der Waals surface area contributed by atoms with E-state index in [0.717, 1.165) is 15.8 Å². The van der Waals surface area contributed by atoms with E-state index in [-0.39, 0.29) is 23.5 Å². The molecule has 4 amide bonds. The number of anilines is 3.